The Hall–Kier alpha value is -1.33. The van der Waals surface area contributed by atoms with Gasteiger partial charge in [-0.1, -0.05) is 0 Å². The SMILES string of the molecule is Cc1ccc(C(=O)C2CC3COCC(C2)N3C)nn1. The van der Waals surface area contributed by atoms with Gasteiger partial charge in [-0.2, -0.15) is 5.10 Å². The minimum absolute atomic E-state index is 0.0621. The van der Waals surface area contributed by atoms with Crippen LogP contribution in [0, 0.1) is 12.8 Å². The fourth-order valence-electron chi connectivity index (χ4n) is 3.05. The van der Waals surface area contributed by atoms with E-state index in [1.807, 2.05) is 13.0 Å². The Morgan fingerprint density at radius 2 is 1.95 bits per heavy atom. The first-order chi connectivity index (χ1) is 9.15. The zero-order valence-corrected chi connectivity index (χ0v) is 11.4. The van der Waals surface area contributed by atoms with Gasteiger partial charge in [0.2, 0.25) is 0 Å². The van der Waals surface area contributed by atoms with Crippen LogP contribution >= 0.6 is 0 Å². The molecule has 3 rings (SSSR count). The number of ether oxygens (including phenoxy) is 1. The molecule has 5 nitrogen and oxygen atoms in total. The van der Waals surface area contributed by atoms with E-state index in [0.29, 0.717) is 17.8 Å². The quantitative estimate of drug-likeness (QED) is 0.746. The molecule has 2 fully saturated rings. The van der Waals surface area contributed by atoms with Gasteiger partial charge in [0.15, 0.2) is 5.78 Å². The van der Waals surface area contributed by atoms with E-state index in [1.165, 1.54) is 0 Å². The Labute approximate surface area is 113 Å². The van der Waals surface area contributed by atoms with E-state index in [-0.39, 0.29) is 11.7 Å². The van der Waals surface area contributed by atoms with Crippen molar-refractivity contribution in [1.29, 1.82) is 0 Å². The highest BCUT2D eigenvalue weighted by atomic mass is 16.5. The van der Waals surface area contributed by atoms with Crippen LogP contribution in [0.2, 0.25) is 0 Å². The minimum atomic E-state index is 0.0621. The molecule has 2 saturated heterocycles. The van der Waals surface area contributed by atoms with Crippen molar-refractivity contribution in [2.45, 2.75) is 31.8 Å². The Morgan fingerprint density at radius 3 is 2.53 bits per heavy atom. The zero-order chi connectivity index (χ0) is 13.4. The van der Waals surface area contributed by atoms with Crippen molar-refractivity contribution in [1.82, 2.24) is 15.1 Å². The van der Waals surface area contributed by atoms with Crippen LogP contribution in [-0.4, -0.2) is 53.2 Å². The van der Waals surface area contributed by atoms with Gasteiger partial charge in [0.1, 0.15) is 5.69 Å². The van der Waals surface area contributed by atoms with E-state index in [2.05, 4.69) is 22.1 Å². The number of aryl methyl sites for hydroxylation is 1. The van der Waals surface area contributed by atoms with Gasteiger partial charge in [-0.15, -0.1) is 5.10 Å². The van der Waals surface area contributed by atoms with Crippen LogP contribution in [0.4, 0.5) is 0 Å². The lowest BCUT2D eigenvalue weighted by atomic mass is 9.82. The summed E-state index contributed by atoms with van der Waals surface area (Å²) in [4.78, 5) is 14.8. The summed E-state index contributed by atoms with van der Waals surface area (Å²) in [6.07, 6.45) is 1.72. The van der Waals surface area contributed by atoms with Crippen molar-refractivity contribution >= 4 is 5.78 Å². The summed E-state index contributed by atoms with van der Waals surface area (Å²) in [7, 11) is 2.13. The minimum Gasteiger partial charge on any atom is -0.378 e. The number of carbonyl (C=O) groups excluding carboxylic acids is 1. The molecule has 0 saturated carbocycles. The molecule has 2 aliphatic rings. The topological polar surface area (TPSA) is 55.3 Å². The summed E-state index contributed by atoms with van der Waals surface area (Å²) in [5.74, 6) is 0.199. The maximum atomic E-state index is 12.5. The van der Waals surface area contributed by atoms with Crippen LogP contribution in [0.5, 0.6) is 0 Å². The van der Waals surface area contributed by atoms with Crippen LogP contribution in [0.3, 0.4) is 0 Å². The van der Waals surface area contributed by atoms with Gasteiger partial charge >= 0.3 is 0 Å². The van der Waals surface area contributed by atoms with Crippen LogP contribution < -0.4 is 0 Å². The monoisotopic (exact) mass is 261 g/mol. The average molecular weight is 261 g/mol. The van der Waals surface area contributed by atoms with Gasteiger partial charge in [-0.25, -0.2) is 0 Å². The molecule has 1 aromatic rings. The molecule has 0 aromatic carbocycles. The zero-order valence-electron chi connectivity index (χ0n) is 11.4. The summed E-state index contributed by atoms with van der Waals surface area (Å²) < 4.78 is 5.58. The van der Waals surface area contributed by atoms with Gasteiger partial charge in [-0.3, -0.25) is 9.69 Å². The van der Waals surface area contributed by atoms with Crippen LogP contribution in [0.25, 0.3) is 0 Å². The second-order valence-electron chi connectivity index (χ2n) is 5.60. The maximum Gasteiger partial charge on any atom is 0.186 e. The normalized spacial score (nSPS) is 31.2. The number of ketones is 1. The summed E-state index contributed by atoms with van der Waals surface area (Å²) in [6.45, 7) is 3.34. The molecule has 0 N–H and O–H groups in total. The summed E-state index contributed by atoms with van der Waals surface area (Å²) in [5.41, 5.74) is 1.34. The number of piperidine rings is 1. The van der Waals surface area contributed by atoms with E-state index in [9.17, 15) is 4.79 Å². The van der Waals surface area contributed by atoms with Crippen LogP contribution in [-0.2, 0) is 4.74 Å². The highest BCUT2D eigenvalue weighted by molar-refractivity contribution is 5.96. The third-order valence-electron chi connectivity index (χ3n) is 4.31. The standard InChI is InChI=1S/C14H19N3O2/c1-9-3-4-13(16-15-9)14(18)10-5-11-7-19-8-12(6-10)17(11)2/h3-4,10-12H,5-8H2,1-2H3. The predicted molar refractivity (Wildman–Crippen MR) is 70.0 cm³/mol. The van der Waals surface area contributed by atoms with E-state index < -0.39 is 0 Å². The van der Waals surface area contributed by atoms with Gasteiger partial charge in [-0.05, 0) is 38.9 Å². The molecule has 0 spiro atoms. The van der Waals surface area contributed by atoms with Gasteiger partial charge < -0.3 is 4.74 Å². The van der Waals surface area contributed by atoms with E-state index >= 15 is 0 Å². The highest BCUT2D eigenvalue weighted by Gasteiger charge is 2.39. The number of Topliss-reactive ketones (excluding diaryl/α,β-unsaturated/α-hetero) is 1. The van der Waals surface area contributed by atoms with E-state index in [1.54, 1.807) is 6.07 Å². The third kappa shape index (κ3) is 2.40. The van der Waals surface area contributed by atoms with Crippen molar-refractivity contribution in [3.05, 3.63) is 23.5 Å². The molecule has 5 heteroatoms. The third-order valence-corrected chi connectivity index (χ3v) is 4.31. The maximum absolute atomic E-state index is 12.5. The number of likely N-dealkylation sites (N-methyl/N-ethyl adjacent to an activating group) is 1. The number of aromatic nitrogens is 2. The Balaban J connectivity index is 1.76. The van der Waals surface area contributed by atoms with Crippen LogP contribution in [0.1, 0.15) is 29.0 Å². The molecule has 102 valence electrons. The fraction of sp³-hybridized carbons (Fsp3) is 0.643. The summed E-state index contributed by atoms with van der Waals surface area (Å²) in [5, 5.41) is 8.00. The molecular weight excluding hydrogens is 242 g/mol. The van der Waals surface area contributed by atoms with Crippen molar-refractivity contribution < 1.29 is 9.53 Å². The number of hydrogen-bond donors (Lipinski definition) is 0. The molecular formula is C14H19N3O2. The van der Waals surface area contributed by atoms with Crippen molar-refractivity contribution in [2.24, 2.45) is 5.92 Å². The summed E-state index contributed by atoms with van der Waals surface area (Å²) >= 11 is 0. The molecule has 19 heavy (non-hydrogen) atoms. The molecule has 0 radical (unpaired) electrons. The van der Waals surface area contributed by atoms with E-state index in [4.69, 9.17) is 4.74 Å². The first-order valence-corrected chi connectivity index (χ1v) is 6.79. The average Bonchev–Trinajstić information content (AvgIpc) is 2.38. The first kappa shape index (κ1) is 12.7. The number of fused-ring (bicyclic) bond motifs is 2. The molecule has 2 atom stereocenters. The Morgan fingerprint density at radius 1 is 1.26 bits per heavy atom. The second-order valence-corrected chi connectivity index (χ2v) is 5.60. The first-order valence-electron chi connectivity index (χ1n) is 6.79. The van der Waals surface area contributed by atoms with E-state index in [0.717, 1.165) is 31.7 Å². The number of nitrogens with zero attached hydrogens (tertiary/aromatic N) is 3. The predicted octanol–water partition coefficient (Wildman–Crippen LogP) is 1.08. The molecule has 0 amide bonds. The second kappa shape index (κ2) is 4.98. The lowest BCUT2D eigenvalue weighted by Gasteiger charge is -2.46. The molecule has 2 unspecified atom stereocenters. The largest absolute Gasteiger partial charge is 0.378 e. The highest BCUT2D eigenvalue weighted by Crippen LogP contribution is 2.31. The Bertz CT molecular complexity index is 460. The molecule has 2 aliphatic heterocycles. The molecule has 3 heterocycles. The number of carbonyl (C=O) groups is 1. The van der Waals surface area contributed by atoms with Gasteiger partial charge in [0.05, 0.1) is 18.9 Å². The smallest absolute Gasteiger partial charge is 0.186 e. The Kier molecular flexibility index (Phi) is 3.33. The lowest BCUT2D eigenvalue weighted by Crippen LogP contribution is -2.55. The van der Waals surface area contributed by atoms with Crippen molar-refractivity contribution in [3.8, 4) is 0 Å². The van der Waals surface area contributed by atoms with Crippen molar-refractivity contribution in [3.63, 3.8) is 0 Å². The van der Waals surface area contributed by atoms with Crippen LogP contribution in [0.15, 0.2) is 12.1 Å². The fourth-order valence-corrected chi connectivity index (χ4v) is 3.05. The van der Waals surface area contributed by atoms with Gasteiger partial charge in [0, 0.05) is 18.0 Å². The molecule has 1 aromatic heterocycles. The number of morpholine rings is 1. The number of hydrogen-bond acceptors (Lipinski definition) is 5. The summed E-state index contributed by atoms with van der Waals surface area (Å²) in [6, 6.07) is 4.36. The molecule has 2 bridgehead atoms. The number of rotatable bonds is 2. The lowest BCUT2D eigenvalue weighted by molar-refractivity contribution is -0.0703. The van der Waals surface area contributed by atoms with Gasteiger partial charge in [0.25, 0.3) is 0 Å². The molecule has 0 aliphatic carbocycles. The van der Waals surface area contributed by atoms with Crippen molar-refractivity contribution in [2.75, 3.05) is 20.3 Å².